The highest BCUT2D eigenvalue weighted by Gasteiger charge is 2.30. The summed E-state index contributed by atoms with van der Waals surface area (Å²) in [5, 5.41) is 4.14. The number of ketones is 1. The first kappa shape index (κ1) is 18.8. The van der Waals surface area contributed by atoms with E-state index in [-0.39, 0.29) is 17.6 Å². The van der Waals surface area contributed by atoms with Crippen molar-refractivity contribution in [2.45, 2.75) is 33.1 Å². The number of hydrazone groups is 1. The van der Waals surface area contributed by atoms with E-state index < -0.39 is 5.91 Å². The maximum Gasteiger partial charge on any atom is 0.271 e. The van der Waals surface area contributed by atoms with Crippen LogP contribution < -0.4 is 19.6 Å². The highest BCUT2D eigenvalue weighted by atomic mass is 16.5. The standard InChI is InChI=1S/C18H24N2O5/c1-18(2)9-12(8-13(21)10-18)19-20-17(22)11-6-14(23-3)16(25-5)15(7-11)24-4/h6-7H,8-10H2,1-5H3,(H,20,22)/b19-12+. The number of benzene rings is 1. The van der Waals surface area contributed by atoms with Crippen LogP contribution in [0.2, 0.25) is 0 Å². The van der Waals surface area contributed by atoms with Gasteiger partial charge in [0.25, 0.3) is 5.91 Å². The summed E-state index contributed by atoms with van der Waals surface area (Å²) in [4.78, 5) is 24.2. The van der Waals surface area contributed by atoms with Gasteiger partial charge in [-0.25, -0.2) is 5.43 Å². The molecule has 2 rings (SSSR count). The number of carbonyl (C=O) groups excluding carboxylic acids is 2. The molecule has 7 heteroatoms. The molecule has 0 atom stereocenters. The molecule has 7 nitrogen and oxygen atoms in total. The summed E-state index contributed by atoms with van der Waals surface area (Å²) >= 11 is 0. The van der Waals surface area contributed by atoms with Crippen molar-refractivity contribution >= 4 is 17.4 Å². The van der Waals surface area contributed by atoms with Gasteiger partial charge in [0, 0.05) is 24.1 Å². The molecule has 1 saturated carbocycles. The van der Waals surface area contributed by atoms with Gasteiger partial charge in [-0.15, -0.1) is 0 Å². The van der Waals surface area contributed by atoms with E-state index >= 15 is 0 Å². The van der Waals surface area contributed by atoms with Gasteiger partial charge < -0.3 is 14.2 Å². The number of amides is 1. The summed E-state index contributed by atoms with van der Waals surface area (Å²) in [5.74, 6) is 0.898. The van der Waals surface area contributed by atoms with Crippen molar-refractivity contribution in [1.29, 1.82) is 0 Å². The zero-order valence-electron chi connectivity index (χ0n) is 15.3. The molecule has 1 aromatic rings. The molecule has 1 aromatic carbocycles. The van der Waals surface area contributed by atoms with Crippen LogP contribution in [0, 0.1) is 5.41 Å². The van der Waals surface area contributed by atoms with Crippen molar-refractivity contribution in [1.82, 2.24) is 5.43 Å². The molecule has 1 amide bonds. The minimum Gasteiger partial charge on any atom is -0.493 e. The number of nitrogens with zero attached hydrogens (tertiary/aromatic N) is 1. The summed E-state index contributed by atoms with van der Waals surface area (Å²) < 4.78 is 15.7. The van der Waals surface area contributed by atoms with Gasteiger partial charge in [-0.05, 0) is 24.0 Å². The first-order valence-corrected chi connectivity index (χ1v) is 7.97. The zero-order valence-corrected chi connectivity index (χ0v) is 15.3. The Kier molecular flexibility index (Phi) is 5.66. The second-order valence-electron chi connectivity index (χ2n) is 6.77. The van der Waals surface area contributed by atoms with Crippen LogP contribution in [-0.2, 0) is 4.79 Å². The van der Waals surface area contributed by atoms with Gasteiger partial charge in [0.1, 0.15) is 5.78 Å². The molecule has 0 aliphatic heterocycles. The molecule has 0 unspecified atom stereocenters. The Labute approximate surface area is 147 Å². The zero-order chi connectivity index (χ0) is 18.6. The molecular weight excluding hydrogens is 324 g/mol. The first-order chi connectivity index (χ1) is 11.8. The van der Waals surface area contributed by atoms with Crippen LogP contribution in [-0.4, -0.2) is 38.7 Å². The van der Waals surface area contributed by atoms with E-state index in [0.29, 0.717) is 41.4 Å². The summed E-state index contributed by atoms with van der Waals surface area (Å²) in [6.07, 6.45) is 1.49. The molecule has 25 heavy (non-hydrogen) atoms. The predicted octanol–water partition coefficient (Wildman–Crippen LogP) is 2.58. The second-order valence-corrected chi connectivity index (χ2v) is 6.77. The molecule has 1 aliphatic carbocycles. The van der Waals surface area contributed by atoms with Gasteiger partial charge in [-0.2, -0.15) is 5.10 Å². The average Bonchev–Trinajstić information content (AvgIpc) is 2.56. The Hall–Kier alpha value is -2.57. The quantitative estimate of drug-likeness (QED) is 0.827. The number of carbonyl (C=O) groups is 2. The Morgan fingerprint density at radius 2 is 1.68 bits per heavy atom. The molecule has 0 aromatic heterocycles. The van der Waals surface area contributed by atoms with Crippen LogP contribution in [0.15, 0.2) is 17.2 Å². The second kappa shape index (κ2) is 7.55. The number of hydrogen-bond acceptors (Lipinski definition) is 6. The van der Waals surface area contributed by atoms with Gasteiger partial charge in [-0.1, -0.05) is 13.8 Å². The summed E-state index contributed by atoms with van der Waals surface area (Å²) in [7, 11) is 4.46. The van der Waals surface area contributed by atoms with E-state index in [1.165, 1.54) is 21.3 Å². The number of Topliss-reactive ketones (excluding diaryl/α,β-unsaturated/α-hetero) is 1. The number of hydrogen-bond donors (Lipinski definition) is 1. The van der Waals surface area contributed by atoms with Crippen molar-refractivity contribution in [3.05, 3.63) is 17.7 Å². The predicted molar refractivity (Wildman–Crippen MR) is 93.6 cm³/mol. The summed E-state index contributed by atoms with van der Waals surface area (Å²) in [5.41, 5.74) is 3.38. The lowest BCUT2D eigenvalue weighted by Gasteiger charge is -2.29. The molecule has 1 N–H and O–H groups in total. The Morgan fingerprint density at radius 3 is 2.16 bits per heavy atom. The Bertz CT molecular complexity index is 684. The van der Waals surface area contributed by atoms with Crippen LogP contribution in [0.5, 0.6) is 17.2 Å². The SMILES string of the molecule is COc1cc(C(=O)N/N=C2\CC(=O)CC(C)(C)C2)cc(OC)c1OC. The van der Waals surface area contributed by atoms with Crippen molar-refractivity contribution in [3.8, 4) is 17.2 Å². The van der Waals surface area contributed by atoms with Gasteiger partial charge in [-0.3, -0.25) is 9.59 Å². The number of nitrogens with one attached hydrogen (secondary N) is 1. The third-order valence-electron chi connectivity index (χ3n) is 4.00. The fraction of sp³-hybridized carbons (Fsp3) is 0.500. The monoisotopic (exact) mass is 348 g/mol. The molecule has 136 valence electrons. The minimum atomic E-state index is -0.414. The van der Waals surface area contributed by atoms with E-state index in [2.05, 4.69) is 10.5 Å². The van der Waals surface area contributed by atoms with Gasteiger partial charge in [0.05, 0.1) is 21.3 Å². The first-order valence-electron chi connectivity index (χ1n) is 7.97. The lowest BCUT2D eigenvalue weighted by molar-refractivity contribution is -0.120. The highest BCUT2D eigenvalue weighted by molar-refractivity contribution is 6.05. The van der Waals surface area contributed by atoms with Gasteiger partial charge >= 0.3 is 0 Å². The summed E-state index contributed by atoms with van der Waals surface area (Å²) in [6, 6.07) is 3.10. The molecule has 0 bridgehead atoms. The number of ether oxygens (including phenoxy) is 3. The molecule has 1 aliphatic rings. The largest absolute Gasteiger partial charge is 0.493 e. The van der Waals surface area contributed by atoms with Crippen molar-refractivity contribution < 1.29 is 23.8 Å². The van der Waals surface area contributed by atoms with E-state index in [4.69, 9.17) is 14.2 Å². The minimum absolute atomic E-state index is 0.133. The van der Waals surface area contributed by atoms with Crippen LogP contribution in [0.4, 0.5) is 0 Å². The van der Waals surface area contributed by atoms with Crippen LogP contribution in [0.1, 0.15) is 43.5 Å². The molecule has 0 radical (unpaired) electrons. The van der Waals surface area contributed by atoms with Crippen LogP contribution in [0.25, 0.3) is 0 Å². The number of rotatable bonds is 5. The smallest absolute Gasteiger partial charge is 0.271 e. The fourth-order valence-corrected chi connectivity index (χ4v) is 2.99. The summed E-state index contributed by atoms with van der Waals surface area (Å²) in [6.45, 7) is 4.03. The molecule has 1 fully saturated rings. The highest BCUT2D eigenvalue weighted by Crippen LogP contribution is 2.38. The Balaban J connectivity index is 2.21. The van der Waals surface area contributed by atoms with Crippen molar-refractivity contribution in [2.75, 3.05) is 21.3 Å². The van der Waals surface area contributed by atoms with E-state index in [9.17, 15) is 9.59 Å². The molecule has 0 spiro atoms. The maximum absolute atomic E-state index is 12.4. The van der Waals surface area contributed by atoms with E-state index in [0.717, 1.165) is 0 Å². The third-order valence-corrected chi connectivity index (χ3v) is 4.00. The van der Waals surface area contributed by atoms with Gasteiger partial charge in [0.2, 0.25) is 5.75 Å². The molecule has 0 heterocycles. The van der Waals surface area contributed by atoms with Crippen LogP contribution >= 0.6 is 0 Å². The molecule has 0 saturated heterocycles. The number of methoxy groups -OCH3 is 3. The lowest BCUT2D eigenvalue weighted by atomic mass is 9.76. The average molecular weight is 348 g/mol. The molecular formula is C18H24N2O5. The fourth-order valence-electron chi connectivity index (χ4n) is 2.99. The maximum atomic E-state index is 12.4. The topological polar surface area (TPSA) is 86.2 Å². The van der Waals surface area contributed by atoms with Crippen molar-refractivity contribution in [2.24, 2.45) is 10.5 Å². The van der Waals surface area contributed by atoms with E-state index in [1.807, 2.05) is 13.8 Å². The van der Waals surface area contributed by atoms with Crippen LogP contribution in [0.3, 0.4) is 0 Å². The Morgan fingerprint density at radius 1 is 1.08 bits per heavy atom. The van der Waals surface area contributed by atoms with Crippen molar-refractivity contribution in [3.63, 3.8) is 0 Å². The lowest BCUT2D eigenvalue weighted by Crippen LogP contribution is -2.31. The van der Waals surface area contributed by atoms with Gasteiger partial charge in [0.15, 0.2) is 11.5 Å². The van der Waals surface area contributed by atoms with E-state index in [1.54, 1.807) is 12.1 Å². The third kappa shape index (κ3) is 4.49. The normalized spacial score (nSPS) is 18.0.